The molecule has 0 aromatic heterocycles. The summed E-state index contributed by atoms with van der Waals surface area (Å²) in [6.07, 6.45) is 1.15. The summed E-state index contributed by atoms with van der Waals surface area (Å²) in [6.45, 7) is 4.92. The van der Waals surface area contributed by atoms with Gasteiger partial charge in [-0.1, -0.05) is 13.0 Å². The molecule has 0 aliphatic heterocycles. The average Bonchev–Trinajstić information content (AvgIpc) is 2.29. The number of halogens is 1. The van der Waals surface area contributed by atoms with Crippen LogP contribution in [0.25, 0.3) is 0 Å². The molecule has 2 N–H and O–H groups in total. The van der Waals surface area contributed by atoms with Crippen LogP contribution in [0.1, 0.15) is 18.9 Å². The Hall–Kier alpha value is -0.580. The summed E-state index contributed by atoms with van der Waals surface area (Å²) < 4.78 is 1.07. The van der Waals surface area contributed by atoms with Crippen LogP contribution in [0, 0.1) is 0 Å². The standard InChI is InChI=1S/C13H21BrN2O/c1-3-6-15-10-11-4-5-13(12(14)9-11)16(2)7-8-17/h4-5,9,15,17H,3,6-8,10H2,1-2H3. The van der Waals surface area contributed by atoms with Crippen LogP contribution in [0.15, 0.2) is 22.7 Å². The van der Waals surface area contributed by atoms with Crippen molar-refractivity contribution in [1.82, 2.24) is 5.32 Å². The van der Waals surface area contributed by atoms with Crippen molar-refractivity contribution >= 4 is 21.6 Å². The zero-order valence-electron chi connectivity index (χ0n) is 10.5. The molecule has 0 bridgehead atoms. The van der Waals surface area contributed by atoms with Crippen LogP contribution in [-0.4, -0.2) is 31.9 Å². The predicted molar refractivity (Wildman–Crippen MR) is 76.5 cm³/mol. The zero-order valence-corrected chi connectivity index (χ0v) is 12.1. The maximum atomic E-state index is 8.92. The van der Waals surface area contributed by atoms with Crippen molar-refractivity contribution in [3.63, 3.8) is 0 Å². The Morgan fingerprint density at radius 2 is 2.18 bits per heavy atom. The zero-order chi connectivity index (χ0) is 12.7. The lowest BCUT2D eigenvalue weighted by Gasteiger charge is -2.20. The van der Waals surface area contributed by atoms with Gasteiger partial charge in [0.2, 0.25) is 0 Å². The van der Waals surface area contributed by atoms with Crippen LogP contribution in [0.5, 0.6) is 0 Å². The summed E-state index contributed by atoms with van der Waals surface area (Å²) in [4.78, 5) is 2.04. The number of hydrogen-bond donors (Lipinski definition) is 2. The highest BCUT2D eigenvalue weighted by Crippen LogP contribution is 2.26. The Kier molecular flexibility index (Phi) is 6.55. The van der Waals surface area contributed by atoms with Crippen molar-refractivity contribution < 1.29 is 5.11 Å². The maximum Gasteiger partial charge on any atom is 0.0606 e. The number of aliphatic hydroxyl groups is 1. The lowest BCUT2D eigenvalue weighted by molar-refractivity contribution is 0.304. The van der Waals surface area contributed by atoms with Gasteiger partial charge >= 0.3 is 0 Å². The topological polar surface area (TPSA) is 35.5 Å². The van der Waals surface area contributed by atoms with E-state index < -0.39 is 0 Å². The minimum Gasteiger partial charge on any atom is -0.395 e. The number of benzene rings is 1. The molecule has 1 rings (SSSR count). The van der Waals surface area contributed by atoms with E-state index in [4.69, 9.17) is 5.11 Å². The fraction of sp³-hybridized carbons (Fsp3) is 0.538. The van der Waals surface area contributed by atoms with E-state index in [0.29, 0.717) is 6.54 Å². The number of rotatable bonds is 7. The van der Waals surface area contributed by atoms with E-state index in [2.05, 4.69) is 46.4 Å². The Morgan fingerprint density at radius 1 is 1.41 bits per heavy atom. The van der Waals surface area contributed by atoms with Gasteiger partial charge in [0.15, 0.2) is 0 Å². The molecule has 4 heteroatoms. The molecular formula is C13H21BrN2O. The Bertz CT molecular complexity index is 344. The van der Waals surface area contributed by atoms with Crippen LogP contribution in [0.2, 0.25) is 0 Å². The first kappa shape index (κ1) is 14.5. The highest BCUT2D eigenvalue weighted by atomic mass is 79.9. The fourth-order valence-electron chi connectivity index (χ4n) is 1.65. The van der Waals surface area contributed by atoms with Crippen molar-refractivity contribution in [1.29, 1.82) is 0 Å². The summed E-state index contributed by atoms with van der Waals surface area (Å²) in [6, 6.07) is 6.34. The van der Waals surface area contributed by atoms with Crippen LogP contribution in [0.3, 0.4) is 0 Å². The second kappa shape index (κ2) is 7.69. The molecule has 0 fully saturated rings. The smallest absolute Gasteiger partial charge is 0.0606 e. The molecule has 0 unspecified atom stereocenters. The molecule has 3 nitrogen and oxygen atoms in total. The third-order valence-corrected chi connectivity index (χ3v) is 3.25. The lowest BCUT2D eigenvalue weighted by atomic mass is 10.2. The number of likely N-dealkylation sites (N-methyl/N-ethyl adjacent to an activating group) is 1. The SMILES string of the molecule is CCCNCc1ccc(N(C)CCO)c(Br)c1. The summed E-state index contributed by atoms with van der Waals surface area (Å²) in [7, 11) is 1.98. The number of aliphatic hydroxyl groups excluding tert-OH is 1. The Labute approximate surface area is 112 Å². The second-order valence-electron chi connectivity index (χ2n) is 4.11. The van der Waals surface area contributed by atoms with Crippen molar-refractivity contribution in [3.8, 4) is 0 Å². The summed E-state index contributed by atoms with van der Waals surface area (Å²) in [5.41, 5.74) is 2.38. The normalized spacial score (nSPS) is 10.6. The first-order valence-electron chi connectivity index (χ1n) is 6.00. The van der Waals surface area contributed by atoms with Crippen LogP contribution in [-0.2, 0) is 6.54 Å². The van der Waals surface area contributed by atoms with Gasteiger partial charge in [-0.05, 0) is 46.6 Å². The van der Waals surface area contributed by atoms with Crippen molar-refractivity contribution in [2.45, 2.75) is 19.9 Å². The van der Waals surface area contributed by atoms with Gasteiger partial charge in [0.05, 0.1) is 12.3 Å². The van der Waals surface area contributed by atoms with Gasteiger partial charge in [-0.25, -0.2) is 0 Å². The highest BCUT2D eigenvalue weighted by molar-refractivity contribution is 9.10. The molecule has 0 aliphatic rings. The molecule has 0 heterocycles. The molecule has 0 spiro atoms. The molecule has 0 amide bonds. The van der Waals surface area contributed by atoms with Gasteiger partial charge in [0, 0.05) is 24.6 Å². The molecule has 0 saturated heterocycles. The third kappa shape index (κ3) is 4.66. The van der Waals surface area contributed by atoms with Gasteiger partial charge < -0.3 is 15.3 Å². The van der Waals surface area contributed by atoms with Gasteiger partial charge in [-0.2, -0.15) is 0 Å². The van der Waals surface area contributed by atoms with Crippen molar-refractivity contribution in [3.05, 3.63) is 28.2 Å². The highest BCUT2D eigenvalue weighted by Gasteiger charge is 2.05. The van der Waals surface area contributed by atoms with Gasteiger partial charge in [-0.3, -0.25) is 0 Å². The maximum absolute atomic E-state index is 8.92. The first-order valence-corrected chi connectivity index (χ1v) is 6.79. The predicted octanol–water partition coefficient (Wildman–Crippen LogP) is 2.38. The van der Waals surface area contributed by atoms with Crippen molar-refractivity contribution in [2.75, 3.05) is 31.6 Å². The van der Waals surface area contributed by atoms with Crippen LogP contribution in [0.4, 0.5) is 5.69 Å². The minimum atomic E-state index is 0.169. The largest absolute Gasteiger partial charge is 0.395 e. The van der Waals surface area contributed by atoms with E-state index in [1.165, 1.54) is 5.56 Å². The monoisotopic (exact) mass is 300 g/mol. The van der Waals surface area contributed by atoms with Gasteiger partial charge in [0.25, 0.3) is 0 Å². The molecule has 0 saturated carbocycles. The average molecular weight is 301 g/mol. The van der Waals surface area contributed by atoms with E-state index in [1.54, 1.807) is 0 Å². The molecule has 96 valence electrons. The van der Waals surface area contributed by atoms with E-state index in [0.717, 1.165) is 29.7 Å². The van der Waals surface area contributed by atoms with Gasteiger partial charge in [0.1, 0.15) is 0 Å². The molecule has 0 radical (unpaired) electrons. The quantitative estimate of drug-likeness (QED) is 0.759. The fourth-order valence-corrected chi connectivity index (χ4v) is 2.38. The van der Waals surface area contributed by atoms with E-state index in [9.17, 15) is 0 Å². The molecule has 1 aromatic rings. The Balaban J connectivity index is 2.65. The number of hydrogen-bond acceptors (Lipinski definition) is 3. The van der Waals surface area contributed by atoms with Gasteiger partial charge in [-0.15, -0.1) is 0 Å². The molecule has 0 aliphatic carbocycles. The van der Waals surface area contributed by atoms with E-state index >= 15 is 0 Å². The lowest BCUT2D eigenvalue weighted by Crippen LogP contribution is -2.21. The molecule has 0 atom stereocenters. The summed E-state index contributed by atoms with van der Waals surface area (Å²) in [5.74, 6) is 0. The first-order chi connectivity index (χ1) is 8.19. The van der Waals surface area contributed by atoms with E-state index in [-0.39, 0.29) is 6.61 Å². The second-order valence-corrected chi connectivity index (χ2v) is 4.96. The van der Waals surface area contributed by atoms with Crippen LogP contribution >= 0.6 is 15.9 Å². The number of nitrogens with zero attached hydrogens (tertiary/aromatic N) is 1. The number of anilines is 1. The molecule has 17 heavy (non-hydrogen) atoms. The summed E-state index contributed by atoms with van der Waals surface area (Å²) >= 11 is 3.58. The Morgan fingerprint density at radius 3 is 2.76 bits per heavy atom. The molecular weight excluding hydrogens is 280 g/mol. The minimum absolute atomic E-state index is 0.169. The van der Waals surface area contributed by atoms with Crippen LogP contribution < -0.4 is 10.2 Å². The third-order valence-electron chi connectivity index (χ3n) is 2.61. The number of nitrogens with one attached hydrogen (secondary N) is 1. The molecule has 1 aromatic carbocycles. The summed E-state index contributed by atoms with van der Waals surface area (Å²) in [5, 5.41) is 12.3. The van der Waals surface area contributed by atoms with E-state index in [1.807, 2.05) is 11.9 Å². The van der Waals surface area contributed by atoms with Crippen molar-refractivity contribution in [2.24, 2.45) is 0 Å².